The number of benzene rings is 2. The molecule has 1 unspecified atom stereocenters. The fraction of sp³-hybridized carbons (Fsp3) is 0.250. The summed E-state index contributed by atoms with van der Waals surface area (Å²) in [5.74, 6) is 0.136. The van der Waals surface area contributed by atoms with Crippen molar-refractivity contribution in [2.75, 3.05) is 20.5 Å². The molecule has 7 heteroatoms. The fourth-order valence-corrected chi connectivity index (χ4v) is 4.49. The first-order chi connectivity index (χ1) is 12.9. The predicted octanol–water partition coefficient (Wildman–Crippen LogP) is 2.99. The number of methoxy groups -OCH3 is 2. The van der Waals surface area contributed by atoms with E-state index in [9.17, 15) is 13.2 Å². The third-order valence-corrected chi connectivity index (χ3v) is 5.72. The van der Waals surface area contributed by atoms with Gasteiger partial charge in [-0.3, -0.25) is 4.31 Å². The smallest absolute Gasteiger partial charge is 0.340 e. The van der Waals surface area contributed by atoms with E-state index in [2.05, 4.69) is 0 Å². The normalized spacial score (nSPS) is 18.5. The number of ether oxygens (including phenoxy) is 2. The van der Waals surface area contributed by atoms with Crippen molar-refractivity contribution in [3.8, 4) is 5.75 Å². The maximum Gasteiger partial charge on any atom is 0.340 e. The van der Waals surface area contributed by atoms with Gasteiger partial charge in [-0.15, -0.1) is 0 Å². The van der Waals surface area contributed by atoms with E-state index in [-0.39, 0.29) is 11.6 Å². The minimum atomic E-state index is -3.59. The number of sulfonamides is 1. The molecule has 1 aliphatic rings. The number of hydrogen-bond donors (Lipinski definition) is 0. The molecule has 0 aliphatic carbocycles. The molecule has 0 amide bonds. The second-order valence-corrected chi connectivity index (χ2v) is 8.09. The zero-order valence-corrected chi connectivity index (χ0v) is 16.2. The number of carbonyl (C=O) groups is 1. The lowest BCUT2D eigenvalue weighted by Gasteiger charge is -2.44. The molecule has 27 heavy (non-hydrogen) atoms. The number of rotatable bonds is 5. The van der Waals surface area contributed by atoms with E-state index < -0.39 is 16.0 Å². The molecular formula is C20H21NO5S. The van der Waals surface area contributed by atoms with Crippen molar-refractivity contribution in [1.29, 1.82) is 0 Å². The molecule has 1 fully saturated rings. The Morgan fingerprint density at radius 3 is 2.19 bits per heavy atom. The highest BCUT2D eigenvalue weighted by molar-refractivity contribution is 7.88. The van der Waals surface area contributed by atoms with Crippen molar-refractivity contribution in [2.24, 2.45) is 0 Å². The molecule has 1 aliphatic heterocycles. The Labute approximate surface area is 159 Å². The van der Waals surface area contributed by atoms with Crippen LogP contribution in [0.3, 0.4) is 0 Å². The quantitative estimate of drug-likeness (QED) is 0.583. The molecule has 0 aromatic heterocycles. The Kier molecular flexibility index (Phi) is 5.23. The number of esters is 1. The molecule has 142 valence electrons. The molecule has 2 aromatic rings. The summed E-state index contributed by atoms with van der Waals surface area (Å²) in [6.45, 7) is 0. The van der Waals surface area contributed by atoms with Gasteiger partial charge in [-0.2, -0.15) is 0 Å². The summed E-state index contributed by atoms with van der Waals surface area (Å²) in [6.07, 6.45) is 1.56. The summed E-state index contributed by atoms with van der Waals surface area (Å²) in [5, 5.41) is 0. The Balaban J connectivity index is 2.08. The molecule has 2 aromatic carbocycles. The van der Waals surface area contributed by atoms with Gasteiger partial charge in [0, 0.05) is 12.1 Å². The van der Waals surface area contributed by atoms with E-state index in [0.717, 1.165) is 11.8 Å². The number of hydrogen-bond acceptors (Lipinski definition) is 5. The van der Waals surface area contributed by atoms with Crippen LogP contribution in [0.15, 0.2) is 60.3 Å². The lowest BCUT2D eigenvalue weighted by molar-refractivity contribution is -0.133. The summed E-state index contributed by atoms with van der Waals surface area (Å²) < 4.78 is 36.4. The maximum absolute atomic E-state index is 12.5. The van der Waals surface area contributed by atoms with E-state index in [0.29, 0.717) is 23.4 Å². The average molecular weight is 387 g/mol. The third kappa shape index (κ3) is 3.68. The summed E-state index contributed by atoms with van der Waals surface area (Å²) in [6, 6.07) is 15.8. The zero-order chi connectivity index (χ0) is 19.6. The van der Waals surface area contributed by atoms with E-state index in [1.807, 2.05) is 18.2 Å². The highest BCUT2D eigenvalue weighted by atomic mass is 32.2. The van der Waals surface area contributed by atoms with E-state index >= 15 is 0 Å². The standard InChI is InChI=1S/C20H21NO5S/c1-25-16-11-9-14(10-12-16)17-13-18(21(17)27(3,23)24)19(20(22)26-2)15-7-5-4-6-8-15/h4-12,17H,13H2,1-3H3/b19-18+. The lowest BCUT2D eigenvalue weighted by Crippen LogP contribution is -2.43. The van der Waals surface area contributed by atoms with Crippen LogP contribution in [0.1, 0.15) is 23.6 Å². The second kappa shape index (κ2) is 7.44. The van der Waals surface area contributed by atoms with E-state index in [1.54, 1.807) is 43.5 Å². The molecule has 1 heterocycles. The first kappa shape index (κ1) is 19.0. The van der Waals surface area contributed by atoms with Gasteiger partial charge in [0.1, 0.15) is 5.75 Å². The Morgan fingerprint density at radius 1 is 1.04 bits per heavy atom. The molecule has 0 radical (unpaired) electrons. The van der Waals surface area contributed by atoms with Crippen LogP contribution in [0.5, 0.6) is 5.75 Å². The van der Waals surface area contributed by atoms with Crippen LogP contribution in [0.4, 0.5) is 0 Å². The molecular weight excluding hydrogens is 366 g/mol. The van der Waals surface area contributed by atoms with Gasteiger partial charge in [-0.05, 0) is 23.3 Å². The van der Waals surface area contributed by atoms with Crippen molar-refractivity contribution >= 4 is 21.6 Å². The first-order valence-electron chi connectivity index (χ1n) is 8.37. The molecule has 1 atom stereocenters. The Hall–Kier alpha value is -2.80. The van der Waals surface area contributed by atoms with Gasteiger partial charge < -0.3 is 9.47 Å². The lowest BCUT2D eigenvalue weighted by atomic mass is 9.89. The highest BCUT2D eigenvalue weighted by Crippen LogP contribution is 2.47. The summed E-state index contributed by atoms with van der Waals surface area (Å²) >= 11 is 0. The van der Waals surface area contributed by atoms with Gasteiger partial charge in [0.25, 0.3) is 0 Å². The molecule has 0 bridgehead atoms. The zero-order valence-electron chi connectivity index (χ0n) is 15.4. The molecule has 0 N–H and O–H groups in total. The van der Waals surface area contributed by atoms with Crippen LogP contribution in [0, 0.1) is 0 Å². The van der Waals surface area contributed by atoms with Crippen LogP contribution in [-0.2, 0) is 19.6 Å². The summed E-state index contributed by atoms with van der Waals surface area (Å²) in [7, 11) is -0.725. The van der Waals surface area contributed by atoms with E-state index in [4.69, 9.17) is 9.47 Å². The van der Waals surface area contributed by atoms with Crippen molar-refractivity contribution in [3.05, 3.63) is 71.4 Å². The second-order valence-electron chi connectivity index (χ2n) is 6.23. The highest BCUT2D eigenvalue weighted by Gasteiger charge is 2.43. The number of carbonyl (C=O) groups excluding carboxylic acids is 1. The topological polar surface area (TPSA) is 72.9 Å². The molecule has 6 nitrogen and oxygen atoms in total. The number of nitrogens with zero attached hydrogens (tertiary/aromatic N) is 1. The maximum atomic E-state index is 12.5. The van der Waals surface area contributed by atoms with Gasteiger partial charge in [0.2, 0.25) is 10.0 Å². The first-order valence-corrected chi connectivity index (χ1v) is 10.2. The van der Waals surface area contributed by atoms with Gasteiger partial charge in [0.05, 0.1) is 32.1 Å². The van der Waals surface area contributed by atoms with Crippen molar-refractivity contribution < 1.29 is 22.7 Å². The predicted molar refractivity (Wildman–Crippen MR) is 102 cm³/mol. The van der Waals surface area contributed by atoms with E-state index in [1.165, 1.54) is 11.4 Å². The van der Waals surface area contributed by atoms with Crippen LogP contribution >= 0.6 is 0 Å². The van der Waals surface area contributed by atoms with Crippen molar-refractivity contribution in [3.63, 3.8) is 0 Å². The average Bonchev–Trinajstić information content (AvgIpc) is 2.63. The van der Waals surface area contributed by atoms with Crippen LogP contribution in [-0.4, -0.2) is 39.2 Å². The van der Waals surface area contributed by atoms with Gasteiger partial charge in [-0.1, -0.05) is 42.5 Å². The van der Waals surface area contributed by atoms with Crippen molar-refractivity contribution in [1.82, 2.24) is 4.31 Å². The molecule has 3 rings (SSSR count). The minimum absolute atomic E-state index is 0.272. The summed E-state index contributed by atoms with van der Waals surface area (Å²) in [5.41, 5.74) is 2.17. The van der Waals surface area contributed by atoms with Crippen LogP contribution in [0.2, 0.25) is 0 Å². The van der Waals surface area contributed by atoms with Gasteiger partial charge in [-0.25, -0.2) is 13.2 Å². The SMILES string of the molecule is COC(=O)/C(=C1\CC(c2ccc(OC)cc2)N1S(C)(=O)=O)c1ccccc1. The molecule has 1 saturated heterocycles. The third-order valence-electron chi connectivity index (χ3n) is 4.53. The Morgan fingerprint density at radius 2 is 1.67 bits per heavy atom. The monoisotopic (exact) mass is 387 g/mol. The Bertz CT molecular complexity index is 965. The van der Waals surface area contributed by atoms with Crippen LogP contribution in [0.25, 0.3) is 5.57 Å². The summed E-state index contributed by atoms with van der Waals surface area (Å²) in [4.78, 5) is 12.4. The molecule has 0 spiro atoms. The minimum Gasteiger partial charge on any atom is -0.497 e. The fourth-order valence-electron chi connectivity index (χ4n) is 3.26. The van der Waals surface area contributed by atoms with Crippen molar-refractivity contribution in [2.45, 2.75) is 12.5 Å². The van der Waals surface area contributed by atoms with Gasteiger partial charge >= 0.3 is 5.97 Å². The van der Waals surface area contributed by atoms with Gasteiger partial charge in [0.15, 0.2) is 0 Å². The largest absolute Gasteiger partial charge is 0.497 e. The van der Waals surface area contributed by atoms with Crippen LogP contribution < -0.4 is 4.74 Å². The molecule has 0 saturated carbocycles.